The first kappa shape index (κ1) is 17.4. The van der Waals surface area contributed by atoms with E-state index in [9.17, 15) is 4.79 Å². The van der Waals surface area contributed by atoms with Crippen LogP contribution in [0.1, 0.15) is 40.2 Å². The van der Waals surface area contributed by atoms with Crippen molar-refractivity contribution in [3.05, 3.63) is 53.3 Å². The van der Waals surface area contributed by atoms with Crippen LogP contribution in [0.3, 0.4) is 0 Å². The van der Waals surface area contributed by atoms with Gasteiger partial charge in [-0.2, -0.15) is 0 Å². The molecule has 1 aromatic heterocycles. The molecule has 3 rings (SSSR count). The fraction of sp³-hybridized carbons (Fsp3) is 0.421. The smallest absolute Gasteiger partial charge is 0.335 e. The topological polar surface area (TPSA) is 69.6 Å². The minimum Gasteiger partial charge on any atom is -0.478 e. The molecule has 6 heteroatoms. The van der Waals surface area contributed by atoms with Crippen molar-refractivity contribution >= 4 is 11.9 Å². The molecule has 0 aliphatic carbocycles. The van der Waals surface area contributed by atoms with Gasteiger partial charge >= 0.3 is 5.97 Å². The van der Waals surface area contributed by atoms with Crippen LogP contribution in [-0.4, -0.2) is 53.1 Å². The zero-order valence-electron chi connectivity index (χ0n) is 14.7. The average molecular weight is 340 g/mol. The summed E-state index contributed by atoms with van der Waals surface area (Å²) in [6.07, 6.45) is 6.07. The molecule has 25 heavy (non-hydrogen) atoms. The lowest BCUT2D eigenvalue weighted by Crippen LogP contribution is -2.34. The summed E-state index contributed by atoms with van der Waals surface area (Å²) in [6, 6.07) is 7.30. The molecule has 1 N–H and O–H groups in total. The number of hydrogen-bond donors (Lipinski definition) is 1. The van der Waals surface area contributed by atoms with E-state index in [1.807, 2.05) is 43.5 Å². The number of piperidine rings is 1. The summed E-state index contributed by atoms with van der Waals surface area (Å²) in [7, 11) is 3.86. The van der Waals surface area contributed by atoms with Crippen molar-refractivity contribution in [2.45, 2.75) is 25.3 Å². The largest absolute Gasteiger partial charge is 0.478 e. The SMILES string of the molecule is CN(C)c1ncc(CN2CCC[C@@H](c3ccc(C(=O)O)cc3)C2)cn1. The van der Waals surface area contributed by atoms with Crippen LogP contribution in [0.5, 0.6) is 0 Å². The number of nitrogens with zero attached hydrogens (tertiary/aromatic N) is 4. The highest BCUT2D eigenvalue weighted by atomic mass is 16.4. The Kier molecular flexibility index (Phi) is 5.28. The van der Waals surface area contributed by atoms with Crippen LogP contribution >= 0.6 is 0 Å². The number of rotatable bonds is 5. The standard InChI is InChI=1S/C19H24N4O2/c1-22(2)19-20-10-14(11-21-19)12-23-9-3-4-17(13-23)15-5-7-16(8-6-15)18(24)25/h5-8,10-11,17H,3-4,9,12-13H2,1-2H3,(H,24,25)/t17-/m1/s1. The molecule has 0 saturated carbocycles. The number of aromatic carboxylic acids is 1. The first-order chi connectivity index (χ1) is 12.0. The molecule has 1 aliphatic rings. The Balaban J connectivity index is 1.63. The fourth-order valence-electron chi connectivity index (χ4n) is 3.29. The van der Waals surface area contributed by atoms with Crippen LogP contribution in [0.2, 0.25) is 0 Å². The minimum absolute atomic E-state index is 0.342. The molecule has 1 aromatic carbocycles. The van der Waals surface area contributed by atoms with Crippen molar-refractivity contribution in [3.63, 3.8) is 0 Å². The van der Waals surface area contributed by atoms with Crippen molar-refractivity contribution < 1.29 is 9.90 Å². The minimum atomic E-state index is -0.877. The van der Waals surface area contributed by atoms with Gasteiger partial charge in [-0.15, -0.1) is 0 Å². The maximum atomic E-state index is 11.0. The Hall–Kier alpha value is -2.47. The molecule has 1 fully saturated rings. The maximum absolute atomic E-state index is 11.0. The lowest BCUT2D eigenvalue weighted by atomic mass is 9.90. The monoisotopic (exact) mass is 340 g/mol. The zero-order chi connectivity index (χ0) is 17.8. The maximum Gasteiger partial charge on any atom is 0.335 e. The fourth-order valence-corrected chi connectivity index (χ4v) is 3.29. The Morgan fingerprint density at radius 1 is 1.24 bits per heavy atom. The molecule has 2 aromatic rings. The molecule has 132 valence electrons. The second kappa shape index (κ2) is 7.61. The Bertz CT molecular complexity index is 713. The first-order valence-electron chi connectivity index (χ1n) is 8.57. The predicted molar refractivity (Wildman–Crippen MR) is 97.0 cm³/mol. The third kappa shape index (κ3) is 4.33. The van der Waals surface area contributed by atoms with E-state index in [4.69, 9.17) is 5.11 Å². The molecule has 0 unspecified atom stereocenters. The quantitative estimate of drug-likeness (QED) is 0.902. The number of likely N-dealkylation sites (tertiary alicyclic amines) is 1. The van der Waals surface area contributed by atoms with E-state index in [1.165, 1.54) is 5.56 Å². The Morgan fingerprint density at radius 2 is 1.92 bits per heavy atom. The van der Waals surface area contributed by atoms with Crippen LogP contribution in [0, 0.1) is 0 Å². The van der Waals surface area contributed by atoms with Crippen LogP contribution in [0.15, 0.2) is 36.7 Å². The lowest BCUT2D eigenvalue weighted by Gasteiger charge is -2.33. The second-order valence-corrected chi connectivity index (χ2v) is 6.79. The molecule has 0 amide bonds. The number of benzene rings is 1. The molecule has 1 saturated heterocycles. The number of aromatic nitrogens is 2. The van der Waals surface area contributed by atoms with Gasteiger partial charge in [0, 0.05) is 45.1 Å². The number of hydrogen-bond acceptors (Lipinski definition) is 5. The molecule has 0 radical (unpaired) electrons. The summed E-state index contributed by atoms with van der Waals surface area (Å²) in [6.45, 7) is 2.89. The molecular weight excluding hydrogens is 316 g/mol. The van der Waals surface area contributed by atoms with Gasteiger partial charge in [0.2, 0.25) is 5.95 Å². The normalized spacial score (nSPS) is 18.1. The van der Waals surface area contributed by atoms with Crippen molar-refractivity contribution in [1.82, 2.24) is 14.9 Å². The Labute approximate surface area is 148 Å². The van der Waals surface area contributed by atoms with Gasteiger partial charge in [0.1, 0.15) is 0 Å². The van der Waals surface area contributed by atoms with E-state index >= 15 is 0 Å². The van der Waals surface area contributed by atoms with Crippen LogP contribution in [0.4, 0.5) is 5.95 Å². The van der Waals surface area contributed by atoms with Gasteiger partial charge in [0.05, 0.1) is 5.56 Å². The summed E-state index contributed by atoms with van der Waals surface area (Å²) in [5.74, 6) is 0.287. The van der Waals surface area contributed by atoms with E-state index in [-0.39, 0.29) is 0 Å². The lowest BCUT2D eigenvalue weighted by molar-refractivity contribution is 0.0697. The predicted octanol–water partition coefficient (Wildman–Crippen LogP) is 2.62. The van der Waals surface area contributed by atoms with E-state index in [1.54, 1.807) is 12.1 Å². The number of carboxylic acids is 1. The second-order valence-electron chi connectivity index (χ2n) is 6.79. The van der Waals surface area contributed by atoms with Crippen molar-refractivity contribution in [2.24, 2.45) is 0 Å². The van der Waals surface area contributed by atoms with E-state index in [2.05, 4.69) is 14.9 Å². The highest BCUT2D eigenvalue weighted by Gasteiger charge is 2.21. The van der Waals surface area contributed by atoms with Crippen molar-refractivity contribution in [1.29, 1.82) is 0 Å². The summed E-state index contributed by atoms with van der Waals surface area (Å²) in [5.41, 5.74) is 2.68. The van der Waals surface area contributed by atoms with Gasteiger partial charge in [-0.05, 0) is 43.0 Å². The summed E-state index contributed by atoms with van der Waals surface area (Å²) in [5, 5.41) is 9.02. The molecule has 6 nitrogen and oxygen atoms in total. The van der Waals surface area contributed by atoms with Crippen molar-refractivity contribution in [3.8, 4) is 0 Å². The highest BCUT2D eigenvalue weighted by molar-refractivity contribution is 5.87. The van der Waals surface area contributed by atoms with E-state index < -0.39 is 5.97 Å². The summed E-state index contributed by atoms with van der Waals surface area (Å²) < 4.78 is 0. The molecule has 2 heterocycles. The van der Waals surface area contributed by atoms with E-state index in [0.29, 0.717) is 11.5 Å². The van der Waals surface area contributed by atoms with Gasteiger partial charge in [-0.25, -0.2) is 14.8 Å². The molecule has 1 aliphatic heterocycles. The highest BCUT2D eigenvalue weighted by Crippen LogP contribution is 2.28. The zero-order valence-corrected chi connectivity index (χ0v) is 14.7. The van der Waals surface area contributed by atoms with Crippen LogP contribution < -0.4 is 4.90 Å². The number of anilines is 1. The van der Waals surface area contributed by atoms with E-state index in [0.717, 1.165) is 44.0 Å². The summed E-state index contributed by atoms with van der Waals surface area (Å²) >= 11 is 0. The van der Waals surface area contributed by atoms with Gasteiger partial charge in [0.25, 0.3) is 0 Å². The number of carbonyl (C=O) groups is 1. The molecule has 1 atom stereocenters. The third-order valence-electron chi connectivity index (χ3n) is 4.63. The molecular formula is C19H24N4O2. The van der Waals surface area contributed by atoms with Gasteiger partial charge in [0.15, 0.2) is 0 Å². The van der Waals surface area contributed by atoms with Crippen LogP contribution in [-0.2, 0) is 6.54 Å². The first-order valence-corrected chi connectivity index (χ1v) is 8.57. The molecule has 0 spiro atoms. The number of carboxylic acid groups (broad SMARTS) is 1. The summed E-state index contributed by atoms with van der Waals surface area (Å²) in [4.78, 5) is 24.1. The Morgan fingerprint density at radius 3 is 2.52 bits per heavy atom. The third-order valence-corrected chi connectivity index (χ3v) is 4.63. The van der Waals surface area contributed by atoms with Gasteiger partial charge < -0.3 is 10.0 Å². The van der Waals surface area contributed by atoms with Gasteiger partial charge in [-0.3, -0.25) is 4.90 Å². The average Bonchev–Trinajstić information content (AvgIpc) is 2.62. The van der Waals surface area contributed by atoms with Gasteiger partial charge in [-0.1, -0.05) is 12.1 Å². The van der Waals surface area contributed by atoms with Crippen LogP contribution in [0.25, 0.3) is 0 Å². The van der Waals surface area contributed by atoms with Crippen molar-refractivity contribution in [2.75, 3.05) is 32.1 Å². The molecule has 0 bridgehead atoms.